The van der Waals surface area contributed by atoms with Crippen LogP contribution in [0.25, 0.3) is 10.8 Å². The third-order valence-electron chi connectivity index (χ3n) is 3.87. The average Bonchev–Trinajstić information content (AvgIpc) is 2.56. The van der Waals surface area contributed by atoms with Gasteiger partial charge in [0.25, 0.3) is 0 Å². The summed E-state index contributed by atoms with van der Waals surface area (Å²) >= 11 is 0. The molecule has 0 bridgehead atoms. The normalized spacial score (nSPS) is 17.4. The molecule has 3 N–H and O–H groups in total. The van der Waals surface area contributed by atoms with E-state index in [4.69, 9.17) is 5.26 Å². The molecule has 3 rings (SSSR count). The van der Waals surface area contributed by atoms with Crippen LogP contribution in [0, 0.1) is 11.3 Å². The number of hydrogen-bond donors (Lipinski definition) is 3. The number of nitrogens with zero attached hydrogens (tertiary/aromatic N) is 3. The van der Waals surface area contributed by atoms with Crippen LogP contribution in [0.15, 0.2) is 18.3 Å². The van der Waals surface area contributed by atoms with Crippen molar-refractivity contribution in [1.82, 2.24) is 15.3 Å². The molecule has 24 heavy (non-hydrogen) atoms. The molecule has 0 unspecified atom stereocenters. The maximum Gasteiger partial charge on any atom is 0.220 e. The lowest BCUT2D eigenvalue weighted by molar-refractivity contribution is -0.122. The summed E-state index contributed by atoms with van der Waals surface area (Å²) in [6.07, 6.45) is 3.06. The highest BCUT2D eigenvalue weighted by Gasteiger charge is 2.18. The van der Waals surface area contributed by atoms with E-state index in [0.29, 0.717) is 24.5 Å². The number of pyridine rings is 2. The van der Waals surface area contributed by atoms with Crippen molar-refractivity contribution in [3.8, 4) is 6.07 Å². The molecule has 124 valence electrons. The predicted octanol–water partition coefficient (Wildman–Crippen LogP) is 2.01. The minimum atomic E-state index is 0.0937. The molecule has 1 fully saturated rings. The summed E-state index contributed by atoms with van der Waals surface area (Å²) in [6.45, 7) is 4.65. The Labute approximate surface area is 140 Å². The first-order valence-corrected chi connectivity index (χ1v) is 8.06. The van der Waals surface area contributed by atoms with Crippen molar-refractivity contribution in [2.45, 2.75) is 38.8 Å². The molecule has 0 saturated carbocycles. The smallest absolute Gasteiger partial charge is 0.220 e. The molecule has 2 aromatic rings. The van der Waals surface area contributed by atoms with E-state index in [2.05, 4.69) is 32.0 Å². The number of hydrogen-bond acceptors (Lipinski definition) is 6. The summed E-state index contributed by atoms with van der Waals surface area (Å²) < 4.78 is 0. The quantitative estimate of drug-likeness (QED) is 0.795. The maximum atomic E-state index is 11.2. The molecule has 1 aliphatic rings. The fraction of sp³-hybridized carbons (Fsp3) is 0.412. The van der Waals surface area contributed by atoms with Gasteiger partial charge in [-0.15, -0.1) is 0 Å². The second-order valence-corrected chi connectivity index (χ2v) is 6.24. The zero-order valence-corrected chi connectivity index (χ0v) is 13.8. The van der Waals surface area contributed by atoms with Crippen LogP contribution in [0.4, 0.5) is 11.6 Å². The van der Waals surface area contributed by atoms with Gasteiger partial charge in [0.2, 0.25) is 5.91 Å². The standard InChI is InChI=1S/C17H20N6O/c1-10(2)21-17-14-6-15(22-12-3-4-16(24)20-9-12)19-8-11(14)5-13(7-18)23-17/h5-6,8,10,12H,3-4,9H2,1-2H3,(H,19,22)(H,20,24)(H,21,23)/t12-/m0/s1. The first kappa shape index (κ1) is 16.0. The van der Waals surface area contributed by atoms with Crippen LogP contribution >= 0.6 is 0 Å². The summed E-state index contributed by atoms with van der Waals surface area (Å²) in [5, 5.41) is 20.4. The molecule has 2 aromatic heterocycles. The van der Waals surface area contributed by atoms with Gasteiger partial charge in [0.05, 0.1) is 0 Å². The number of nitrogens with one attached hydrogen (secondary N) is 3. The Bertz CT molecular complexity index is 801. The van der Waals surface area contributed by atoms with Crippen molar-refractivity contribution in [1.29, 1.82) is 5.26 Å². The summed E-state index contributed by atoms with van der Waals surface area (Å²) in [7, 11) is 0. The summed E-state index contributed by atoms with van der Waals surface area (Å²) in [5.41, 5.74) is 0.364. The van der Waals surface area contributed by atoms with Crippen molar-refractivity contribution in [3.05, 3.63) is 24.0 Å². The van der Waals surface area contributed by atoms with Gasteiger partial charge in [-0.2, -0.15) is 5.26 Å². The average molecular weight is 324 g/mol. The number of fused-ring (bicyclic) bond motifs is 1. The van der Waals surface area contributed by atoms with Gasteiger partial charge in [-0.05, 0) is 32.4 Å². The molecule has 3 heterocycles. The number of carbonyl (C=O) groups is 1. The molecule has 1 atom stereocenters. The molecule has 7 nitrogen and oxygen atoms in total. The van der Waals surface area contributed by atoms with Gasteiger partial charge in [-0.1, -0.05) is 0 Å². The Kier molecular flexibility index (Phi) is 4.47. The fourth-order valence-corrected chi connectivity index (χ4v) is 2.73. The van der Waals surface area contributed by atoms with E-state index in [1.165, 1.54) is 0 Å². The monoisotopic (exact) mass is 324 g/mol. The Hall–Kier alpha value is -2.88. The number of anilines is 2. The van der Waals surface area contributed by atoms with E-state index in [0.717, 1.165) is 23.0 Å². The van der Waals surface area contributed by atoms with Crippen molar-refractivity contribution in [2.75, 3.05) is 17.2 Å². The van der Waals surface area contributed by atoms with Gasteiger partial charge in [-0.3, -0.25) is 4.79 Å². The lowest BCUT2D eigenvalue weighted by atomic mass is 10.1. The number of amides is 1. The maximum absolute atomic E-state index is 11.2. The third kappa shape index (κ3) is 3.54. The van der Waals surface area contributed by atoms with E-state index in [9.17, 15) is 4.79 Å². The number of aromatic nitrogens is 2. The van der Waals surface area contributed by atoms with Crippen molar-refractivity contribution in [2.24, 2.45) is 0 Å². The molecule has 1 aliphatic heterocycles. The first-order chi connectivity index (χ1) is 11.5. The van der Waals surface area contributed by atoms with Crippen LogP contribution in [0.5, 0.6) is 0 Å². The van der Waals surface area contributed by atoms with Crippen molar-refractivity contribution in [3.63, 3.8) is 0 Å². The molecule has 1 saturated heterocycles. The number of nitriles is 1. The van der Waals surface area contributed by atoms with Gasteiger partial charge in [0.1, 0.15) is 23.4 Å². The first-order valence-electron chi connectivity index (χ1n) is 8.06. The Morgan fingerprint density at radius 1 is 1.42 bits per heavy atom. The van der Waals surface area contributed by atoms with E-state index in [1.54, 1.807) is 12.3 Å². The molecule has 0 aliphatic carbocycles. The van der Waals surface area contributed by atoms with E-state index in [1.807, 2.05) is 19.9 Å². The zero-order valence-electron chi connectivity index (χ0n) is 13.8. The van der Waals surface area contributed by atoms with Crippen LogP contribution in [0.1, 0.15) is 32.4 Å². The second kappa shape index (κ2) is 6.71. The Balaban J connectivity index is 1.91. The summed E-state index contributed by atoms with van der Waals surface area (Å²) in [4.78, 5) is 20.0. The lowest BCUT2D eigenvalue weighted by Crippen LogP contribution is -2.42. The number of rotatable bonds is 4. The van der Waals surface area contributed by atoms with Gasteiger partial charge in [-0.25, -0.2) is 9.97 Å². The van der Waals surface area contributed by atoms with Crippen LogP contribution in [0.3, 0.4) is 0 Å². The van der Waals surface area contributed by atoms with Gasteiger partial charge < -0.3 is 16.0 Å². The Morgan fingerprint density at radius 3 is 2.92 bits per heavy atom. The minimum Gasteiger partial charge on any atom is -0.367 e. The highest BCUT2D eigenvalue weighted by Crippen LogP contribution is 2.25. The van der Waals surface area contributed by atoms with Crippen molar-refractivity contribution < 1.29 is 4.79 Å². The van der Waals surface area contributed by atoms with E-state index in [-0.39, 0.29) is 18.0 Å². The van der Waals surface area contributed by atoms with Crippen LogP contribution in [-0.2, 0) is 4.79 Å². The van der Waals surface area contributed by atoms with E-state index < -0.39 is 0 Å². The third-order valence-corrected chi connectivity index (χ3v) is 3.87. The molecule has 0 aromatic carbocycles. The minimum absolute atomic E-state index is 0.0937. The molecular weight excluding hydrogens is 304 g/mol. The summed E-state index contributed by atoms with van der Waals surface area (Å²) in [6, 6.07) is 6.12. The SMILES string of the molecule is CC(C)Nc1nc(C#N)cc2cnc(N[C@H]3CCC(=O)NC3)cc12. The Morgan fingerprint density at radius 2 is 2.25 bits per heavy atom. The second-order valence-electron chi connectivity index (χ2n) is 6.24. The van der Waals surface area contributed by atoms with E-state index >= 15 is 0 Å². The zero-order chi connectivity index (χ0) is 17.1. The van der Waals surface area contributed by atoms with Gasteiger partial charge >= 0.3 is 0 Å². The van der Waals surface area contributed by atoms with Gasteiger partial charge in [0.15, 0.2) is 0 Å². The largest absolute Gasteiger partial charge is 0.367 e. The van der Waals surface area contributed by atoms with Crippen LogP contribution < -0.4 is 16.0 Å². The summed E-state index contributed by atoms with van der Waals surface area (Å²) in [5.74, 6) is 1.51. The number of piperidine rings is 1. The van der Waals surface area contributed by atoms with Crippen LogP contribution in [-0.4, -0.2) is 34.5 Å². The van der Waals surface area contributed by atoms with Gasteiger partial charge in [0, 0.05) is 42.0 Å². The molecule has 7 heteroatoms. The molecule has 1 amide bonds. The highest BCUT2D eigenvalue weighted by molar-refractivity contribution is 5.93. The van der Waals surface area contributed by atoms with Crippen LogP contribution in [0.2, 0.25) is 0 Å². The number of carbonyl (C=O) groups excluding carboxylic acids is 1. The molecule has 0 spiro atoms. The topological polar surface area (TPSA) is 103 Å². The highest BCUT2D eigenvalue weighted by atomic mass is 16.1. The molecular formula is C17H20N6O. The molecule has 0 radical (unpaired) electrons. The fourth-order valence-electron chi connectivity index (χ4n) is 2.73. The lowest BCUT2D eigenvalue weighted by Gasteiger charge is -2.24. The predicted molar refractivity (Wildman–Crippen MR) is 92.7 cm³/mol. The van der Waals surface area contributed by atoms with Crippen molar-refractivity contribution >= 4 is 28.3 Å².